The summed E-state index contributed by atoms with van der Waals surface area (Å²) in [6.45, 7) is 0.317. The number of nitrogens with zero attached hydrogens (tertiary/aromatic N) is 4. The van der Waals surface area contributed by atoms with Crippen molar-refractivity contribution in [2.45, 2.75) is 36.9 Å². The number of carbonyl (C=O) groups excluding carboxylic acids is 2. The van der Waals surface area contributed by atoms with E-state index in [0.717, 1.165) is 48.6 Å². The molecule has 0 aliphatic heterocycles. The van der Waals surface area contributed by atoms with Crippen LogP contribution in [0.4, 0.5) is 15.8 Å². The van der Waals surface area contributed by atoms with Crippen LogP contribution in [0.3, 0.4) is 0 Å². The van der Waals surface area contributed by atoms with E-state index in [1.165, 1.54) is 0 Å². The Kier molecular flexibility index (Phi) is 5.87. The molecule has 1 fully saturated rings. The first kappa shape index (κ1) is 19.7. The Morgan fingerprint density at radius 1 is 1.39 bits per heavy atom. The molecule has 148 valence electrons. The summed E-state index contributed by atoms with van der Waals surface area (Å²) in [7, 11) is 0. The van der Waals surface area contributed by atoms with Crippen molar-refractivity contribution >= 4 is 35.0 Å². The van der Waals surface area contributed by atoms with Crippen LogP contribution < -0.4 is 11.1 Å². The number of carbonyl (C=O) groups is 2. The molecule has 0 unspecified atom stereocenters. The summed E-state index contributed by atoms with van der Waals surface area (Å²) >= 11 is 1.08. The first-order valence-electron chi connectivity index (χ1n) is 8.43. The third-order valence-corrected chi connectivity index (χ3v) is 5.00. The summed E-state index contributed by atoms with van der Waals surface area (Å²) in [5.41, 5.74) is 4.61. The number of primary amides is 1. The van der Waals surface area contributed by atoms with E-state index in [1.54, 1.807) is 4.57 Å². The summed E-state index contributed by atoms with van der Waals surface area (Å²) < 4.78 is 15.6. The lowest BCUT2D eigenvalue weighted by molar-refractivity contribution is -0.384. The Bertz CT molecular complexity index is 930. The first-order chi connectivity index (χ1) is 13.3. The van der Waals surface area contributed by atoms with Crippen molar-refractivity contribution in [2.75, 3.05) is 11.1 Å². The van der Waals surface area contributed by atoms with Gasteiger partial charge in [0.15, 0.2) is 5.16 Å². The Morgan fingerprint density at radius 2 is 2.14 bits per heavy atom. The maximum Gasteiger partial charge on any atom is 0.271 e. The highest BCUT2D eigenvalue weighted by molar-refractivity contribution is 7.99. The monoisotopic (exact) mass is 408 g/mol. The van der Waals surface area contributed by atoms with Gasteiger partial charge in [-0.3, -0.25) is 19.7 Å². The van der Waals surface area contributed by atoms with Crippen molar-refractivity contribution in [1.29, 1.82) is 0 Å². The average Bonchev–Trinajstić information content (AvgIpc) is 3.40. The van der Waals surface area contributed by atoms with Crippen LogP contribution in [0, 0.1) is 15.9 Å². The highest BCUT2D eigenvalue weighted by Crippen LogP contribution is 2.40. The average molecular weight is 408 g/mol. The molecule has 0 atom stereocenters. The van der Waals surface area contributed by atoms with Crippen molar-refractivity contribution in [3.05, 3.63) is 40.0 Å². The number of non-ortho nitro benzene ring substituents is 1. The quantitative estimate of drug-likeness (QED) is 0.365. The predicted octanol–water partition coefficient (Wildman–Crippen LogP) is 1.81. The minimum Gasteiger partial charge on any atom is -0.370 e. The maximum absolute atomic E-state index is 13.8. The topological polar surface area (TPSA) is 146 Å². The molecule has 3 N–H and O–H groups in total. The Balaban J connectivity index is 1.65. The molecule has 2 aromatic rings. The van der Waals surface area contributed by atoms with Crippen molar-refractivity contribution in [3.8, 4) is 0 Å². The van der Waals surface area contributed by atoms with Crippen LogP contribution >= 0.6 is 11.8 Å². The van der Waals surface area contributed by atoms with E-state index in [2.05, 4.69) is 15.5 Å². The van der Waals surface area contributed by atoms with Gasteiger partial charge in [-0.1, -0.05) is 11.8 Å². The largest absolute Gasteiger partial charge is 0.370 e. The van der Waals surface area contributed by atoms with Gasteiger partial charge < -0.3 is 15.6 Å². The van der Waals surface area contributed by atoms with E-state index >= 15 is 0 Å². The molecule has 1 heterocycles. The number of nitro groups is 1. The number of nitrogens with one attached hydrogen (secondary N) is 1. The standard InChI is InChI=1S/C16H17FN6O4S/c17-11-4-3-10(23(26)27)7-12(11)19-14(25)8-28-16-21-20-15(9-1-2-9)22(16)6-5-13(18)24/h3-4,7,9H,1-2,5-6,8H2,(H2,18,24)(H,19,25). The van der Waals surface area contributed by atoms with Crippen molar-refractivity contribution < 1.29 is 18.9 Å². The molecule has 28 heavy (non-hydrogen) atoms. The number of aromatic nitrogens is 3. The fourth-order valence-corrected chi connectivity index (χ4v) is 3.29. The van der Waals surface area contributed by atoms with Crippen LogP contribution in [0.5, 0.6) is 0 Å². The number of thioether (sulfide) groups is 1. The minimum atomic E-state index is -0.774. The molecule has 10 nitrogen and oxygen atoms in total. The Morgan fingerprint density at radius 3 is 2.79 bits per heavy atom. The zero-order valence-corrected chi connectivity index (χ0v) is 15.4. The minimum absolute atomic E-state index is 0.110. The molecule has 1 aromatic heterocycles. The van der Waals surface area contributed by atoms with E-state index in [1.807, 2.05) is 0 Å². The van der Waals surface area contributed by atoms with Crippen molar-refractivity contribution in [3.63, 3.8) is 0 Å². The van der Waals surface area contributed by atoms with Gasteiger partial charge in [-0.25, -0.2) is 4.39 Å². The van der Waals surface area contributed by atoms with Crippen LogP contribution in [0.1, 0.15) is 31.0 Å². The van der Waals surface area contributed by atoms with Crippen LogP contribution in [-0.4, -0.2) is 37.3 Å². The highest BCUT2D eigenvalue weighted by atomic mass is 32.2. The molecule has 1 aliphatic rings. The molecular formula is C16H17FN6O4S. The number of nitrogens with two attached hydrogens (primary N) is 1. The van der Waals surface area contributed by atoms with E-state index in [4.69, 9.17) is 5.73 Å². The molecule has 1 aromatic carbocycles. The van der Waals surface area contributed by atoms with Gasteiger partial charge in [0.05, 0.1) is 16.4 Å². The lowest BCUT2D eigenvalue weighted by Gasteiger charge is -2.09. The lowest BCUT2D eigenvalue weighted by Crippen LogP contribution is -2.17. The number of nitro benzene ring substituents is 1. The summed E-state index contributed by atoms with van der Waals surface area (Å²) in [6, 6.07) is 2.89. The predicted molar refractivity (Wildman–Crippen MR) is 98.2 cm³/mol. The van der Waals surface area contributed by atoms with Gasteiger partial charge in [-0.05, 0) is 18.9 Å². The van der Waals surface area contributed by atoms with Crippen molar-refractivity contribution in [2.24, 2.45) is 5.73 Å². The van der Waals surface area contributed by atoms with Gasteiger partial charge >= 0.3 is 0 Å². The van der Waals surface area contributed by atoms with E-state index in [9.17, 15) is 24.1 Å². The number of rotatable bonds is 9. The molecule has 0 spiro atoms. The second-order valence-electron chi connectivity index (χ2n) is 6.24. The van der Waals surface area contributed by atoms with Gasteiger partial charge in [0, 0.05) is 31.0 Å². The maximum atomic E-state index is 13.8. The van der Waals surface area contributed by atoms with Crippen LogP contribution in [0.25, 0.3) is 0 Å². The fourth-order valence-electron chi connectivity index (χ4n) is 2.52. The highest BCUT2D eigenvalue weighted by Gasteiger charge is 2.30. The zero-order valence-electron chi connectivity index (χ0n) is 14.6. The number of anilines is 1. The molecule has 0 bridgehead atoms. The summed E-state index contributed by atoms with van der Waals surface area (Å²) in [6.07, 6.45) is 2.11. The molecule has 0 saturated heterocycles. The summed E-state index contributed by atoms with van der Waals surface area (Å²) in [4.78, 5) is 33.4. The van der Waals surface area contributed by atoms with Crippen LogP contribution in [0.2, 0.25) is 0 Å². The number of hydrogen-bond acceptors (Lipinski definition) is 7. The van der Waals surface area contributed by atoms with Gasteiger partial charge in [-0.15, -0.1) is 10.2 Å². The molecule has 2 amide bonds. The van der Waals surface area contributed by atoms with Crippen LogP contribution in [-0.2, 0) is 16.1 Å². The van der Waals surface area contributed by atoms with Gasteiger partial charge in [-0.2, -0.15) is 0 Å². The van der Waals surface area contributed by atoms with E-state index in [0.29, 0.717) is 17.6 Å². The second-order valence-corrected chi connectivity index (χ2v) is 7.18. The molecule has 3 rings (SSSR count). The van der Waals surface area contributed by atoms with Gasteiger partial charge in [0.1, 0.15) is 11.6 Å². The second kappa shape index (κ2) is 8.33. The molecule has 12 heteroatoms. The Labute approximate surface area is 162 Å². The number of amides is 2. The Hall–Kier alpha value is -3.02. The number of halogens is 1. The third kappa shape index (κ3) is 4.82. The van der Waals surface area contributed by atoms with Gasteiger partial charge in [0.25, 0.3) is 5.69 Å². The lowest BCUT2D eigenvalue weighted by atomic mass is 10.2. The SMILES string of the molecule is NC(=O)CCn1c(SCC(=O)Nc2cc([N+](=O)[O-])ccc2F)nnc1C1CC1. The van der Waals surface area contributed by atoms with Crippen LogP contribution in [0.15, 0.2) is 23.4 Å². The smallest absolute Gasteiger partial charge is 0.271 e. The van der Waals surface area contributed by atoms with E-state index in [-0.39, 0.29) is 23.5 Å². The first-order valence-corrected chi connectivity index (χ1v) is 9.41. The molecule has 1 aliphatic carbocycles. The third-order valence-electron chi connectivity index (χ3n) is 4.04. The number of benzene rings is 1. The zero-order chi connectivity index (χ0) is 20.3. The molecule has 0 radical (unpaired) electrons. The van der Waals surface area contributed by atoms with Gasteiger partial charge in [0.2, 0.25) is 11.8 Å². The summed E-state index contributed by atoms with van der Waals surface area (Å²) in [5, 5.41) is 21.8. The molecule has 1 saturated carbocycles. The molecular weight excluding hydrogens is 391 g/mol. The fraction of sp³-hybridized carbons (Fsp3) is 0.375. The normalized spacial score (nSPS) is 13.3. The summed E-state index contributed by atoms with van der Waals surface area (Å²) in [5.74, 6) is -0.838. The number of hydrogen-bond donors (Lipinski definition) is 2. The van der Waals surface area contributed by atoms with Crippen molar-refractivity contribution in [1.82, 2.24) is 14.8 Å². The van der Waals surface area contributed by atoms with E-state index < -0.39 is 22.6 Å².